The predicted octanol–water partition coefficient (Wildman–Crippen LogP) is 2.14. The van der Waals surface area contributed by atoms with Crippen molar-refractivity contribution in [3.63, 3.8) is 0 Å². The molecule has 0 unspecified atom stereocenters. The molecule has 100 valence electrons. The molecule has 5 nitrogen and oxygen atoms in total. The second-order valence-corrected chi connectivity index (χ2v) is 5.02. The van der Waals surface area contributed by atoms with E-state index in [1.165, 1.54) is 0 Å². The Balaban J connectivity index is 1.84. The Morgan fingerprint density at radius 2 is 2.00 bits per heavy atom. The van der Waals surface area contributed by atoms with Gasteiger partial charge in [0.15, 0.2) is 0 Å². The van der Waals surface area contributed by atoms with Crippen LogP contribution in [-0.4, -0.2) is 35.8 Å². The van der Waals surface area contributed by atoms with Gasteiger partial charge in [-0.05, 0) is 32.6 Å². The minimum Gasteiger partial charge on any atom is -0.381 e. The van der Waals surface area contributed by atoms with Gasteiger partial charge in [0, 0.05) is 31.9 Å². The van der Waals surface area contributed by atoms with Crippen LogP contribution in [0.15, 0.2) is 12.4 Å². The highest BCUT2D eigenvalue weighted by molar-refractivity contribution is 5.46. The van der Waals surface area contributed by atoms with Crippen molar-refractivity contribution in [3.8, 4) is 0 Å². The third-order valence-corrected chi connectivity index (χ3v) is 3.02. The summed E-state index contributed by atoms with van der Waals surface area (Å²) in [7, 11) is 0. The van der Waals surface area contributed by atoms with E-state index in [1.54, 1.807) is 6.33 Å². The van der Waals surface area contributed by atoms with Crippen molar-refractivity contribution in [2.45, 2.75) is 32.7 Å². The maximum Gasteiger partial charge on any atom is 0.131 e. The highest BCUT2D eigenvalue weighted by atomic mass is 16.5. The lowest BCUT2D eigenvalue weighted by Crippen LogP contribution is -2.23. The van der Waals surface area contributed by atoms with Crippen LogP contribution in [0.4, 0.5) is 11.6 Å². The summed E-state index contributed by atoms with van der Waals surface area (Å²) in [5.41, 5.74) is 0. The van der Waals surface area contributed by atoms with Gasteiger partial charge >= 0.3 is 0 Å². The second kappa shape index (κ2) is 6.54. The molecule has 0 atom stereocenters. The number of aromatic nitrogens is 2. The van der Waals surface area contributed by atoms with Gasteiger partial charge in [0.1, 0.15) is 18.0 Å². The van der Waals surface area contributed by atoms with E-state index < -0.39 is 0 Å². The summed E-state index contributed by atoms with van der Waals surface area (Å²) in [6, 6.07) is 2.34. The first-order valence-electron chi connectivity index (χ1n) is 6.64. The van der Waals surface area contributed by atoms with Crippen LogP contribution < -0.4 is 10.6 Å². The lowest BCUT2D eigenvalue weighted by Gasteiger charge is -2.22. The average Bonchev–Trinajstić information content (AvgIpc) is 2.37. The summed E-state index contributed by atoms with van der Waals surface area (Å²) in [4.78, 5) is 8.43. The summed E-state index contributed by atoms with van der Waals surface area (Å²) in [5, 5.41) is 6.65. The zero-order chi connectivity index (χ0) is 12.8. The summed E-state index contributed by atoms with van der Waals surface area (Å²) in [5.74, 6) is 2.45. The Morgan fingerprint density at radius 1 is 1.28 bits per heavy atom. The fraction of sp³-hybridized carbons (Fsp3) is 0.692. The highest BCUT2D eigenvalue weighted by Gasteiger charge is 2.13. The largest absolute Gasteiger partial charge is 0.381 e. The minimum absolute atomic E-state index is 0.378. The van der Waals surface area contributed by atoms with E-state index in [4.69, 9.17) is 4.74 Å². The van der Waals surface area contributed by atoms with Crippen molar-refractivity contribution in [3.05, 3.63) is 12.4 Å². The molecule has 2 N–H and O–H groups in total. The second-order valence-electron chi connectivity index (χ2n) is 5.02. The smallest absolute Gasteiger partial charge is 0.131 e. The number of hydrogen-bond acceptors (Lipinski definition) is 5. The highest BCUT2D eigenvalue weighted by Crippen LogP contribution is 2.16. The maximum absolute atomic E-state index is 5.35. The van der Waals surface area contributed by atoms with Crippen LogP contribution in [0.1, 0.15) is 26.7 Å². The van der Waals surface area contributed by atoms with Crippen molar-refractivity contribution >= 4 is 11.6 Å². The predicted molar refractivity (Wildman–Crippen MR) is 72.8 cm³/mol. The van der Waals surface area contributed by atoms with E-state index in [1.807, 2.05) is 6.07 Å². The van der Waals surface area contributed by atoms with Gasteiger partial charge in [0.2, 0.25) is 0 Å². The molecule has 1 saturated heterocycles. The van der Waals surface area contributed by atoms with E-state index in [-0.39, 0.29) is 0 Å². The molecule has 1 aliphatic heterocycles. The van der Waals surface area contributed by atoms with Crippen molar-refractivity contribution in [1.82, 2.24) is 9.97 Å². The lowest BCUT2D eigenvalue weighted by atomic mass is 10.0. The molecule has 5 heteroatoms. The van der Waals surface area contributed by atoms with Gasteiger partial charge in [-0.25, -0.2) is 9.97 Å². The topological polar surface area (TPSA) is 59.1 Å². The van der Waals surface area contributed by atoms with Gasteiger partial charge in [-0.15, -0.1) is 0 Å². The molecule has 1 aromatic heterocycles. The van der Waals surface area contributed by atoms with Crippen LogP contribution >= 0.6 is 0 Å². The Morgan fingerprint density at radius 3 is 2.72 bits per heavy atom. The van der Waals surface area contributed by atoms with Crippen molar-refractivity contribution in [2.24, 2.45) is 5.92 Å². The molecule has 2 rings (SSSR count). The molecule has 1 fully saturated rings. The SMILES string of the molecule is CC(C)Nc1cc(NCC2CCOCC2)ncn1. The Hall–Kier alpha value is -1.36. The van der Waals surface area contributed by atoms with Crippen LogP contribution in [0.25, 0.3) is 0 Å². The van der Waals surface area contributed by atoms with Gasteiger partial charge in [-0.3, -0.25) is 0 Å². The van der Waals surface area contributed by atoms with Crippen LogP contribution in [0.5, 0.6) is 0 Å². The molecular weight excluding hydrogens is 228 g/mol. The molecule has 0 aliphatic carbocycles. The Kier molecular flexibility index (Phi) is 4.75. The van der Waals surface area contributed by atoms with E-state index >= 15 is 0 Å². The lowest BCUT2D eigenvalue weighted by molar-refractivity contribution is 0.0699. The summed E-state index contributed by atoms with van der Waals surface area (Å²) >= 11 is 0. The average molecular weight is 250 g/mol. The van der Waals surface area contributed by atoms with Crippen LogP contribution in [-0.2, 0) is 4.74 Å². The van der Waals surface area contributed by atoms with E-state index in [2.05, 4.69) is 34.4 Å². The number of anilines is 2. The third-order valence-electron chi connectivity index (χ3n) is 3.02. The standard InChI is InChI=1S/C13H22N4O/c1-10(2)17-13-7-12(15-9-16-13)14-8-11-3-5-18-6-4-11/h7,9-11H,3-6,8H2,1-2H3,(H2,14,15,16,17). The van der Waals surface area contributed by atoms with Gasteiger partial charge in [-0.2, -0.15) is 0 Å². The minimum atomic E-state index is 0.378. The van der Waals surface area contributed by atoms with Crippen LogP contribution in [0.3, 0.4) is 0 Å². The molecule has 0 saturated carbocycles. The van der Waals surface area contributed by atoms with E-state index in [9.17, 15) is 0 Å². The van der Waals surface area contributed by atoms with Gasteiger partial charge in [-0.1, -0.05) is 0 Å². The van der Waals surface area contributed by atoms with Gasteiger partial charge in [0.25, 0.3) is 0 Å². The maximum atomic E-state index is 5.35. The first kappa shape index (κ1) is 13.1. The molecule has 1 aliphatic rings. The van der Waals surface area contributed by atoms with Crippen molar-refractivity contribution in [2.75, 3.05) is 30.4 Å². The summed E-state index contributed by atoms with van der Waals surface area (Å²) in [6.07, 6.45) is 3.86. The first-order valence-corrected chi connectivity index (χ1v) is 6.64. The molecule has 0 radical (unpaired) electrons. The molecular formula is C13H22N4O. The monoisotopic (exact) mass is 250 g/mol. The van der Waals surface area contributed by atoms with Crippen molar-refractivity contribution in [1.29, 1.82) is 0 Å². The van der Waals surface area contributed by atoms with Gasteiger partial charge < -0.3 is 15.4 Å². The number of nitrogens with zero attached hydrogens (tertiary/aromatic N) is 2. The molecule has 18 heavy (non-hydrogen) atoms. The Labute approximate surface area is 108 Å². The van der Waals surface area contributed by atoms with Crippen molar-refractivity contribution < 1.29 is 4.74 Å². The van der Waals surface area contributed by atoms with E-state index in [0.29, 0.717) is 12.0 Å². The van der Waals surface area contributed by atoms with Crippen LogP contribution in [0.2, 0.25) is 0 Å². The molecule has 0 aromatic carbocycles. The van der Waals surface area contributed by atoms with E-state index in [0.717, 1.165) is 44.2 Å². The third kappa shape index (κ3) is 4.14. The Bertz CT molecular complexity index is 364. The van der Waals surface area contributed by atoms with Gasteiger partial charge in [0.05, 0.1) is 0 Å². The normalized spacial score (nSPS) is 16.8. The molecule has 2 heterocycles. The zero-order valence-corrected chi connectivity index (χ0v) is 11.1. The molecule has 0 bridgehead atoms. The molecule has 0 spiro atoms. The number of hydrogen-bond donors (Lipinski definition) is 2. The molecule has 1 aromatic rings. The zero-order valence-electron chi connectivity index (χ0n) is 11.1. The number of nitrogens with one attached hydrogen (secondary N) is 2. The summed E-state index contributed by atoms with van der Waals surface area (Å²) in [6.45, 7) is 6.92. The number of ether oxygens (including phenoxy) is 1. The first-order chi connectivity index (χ1) is 8.74. The fourth-order valence-electron chi connectivity index (χ4n) is 2.03. The summed E-state index contributed by atoms with van der Waals surface area (Å²) < 4.78 is 5.35. The van der Waals surface area contributed by atoms with Crippen LogP contribution in [0, 0.1) is 5.92 Å². The molecule has 0 amide bonds. The quantitative estimate of drug-likeness (QED) is 0.838. The fourth-order valence-corrected chi connectivity index (χ4v) is 2.03. The number of rotatable bonds is 5.